The van der Waals surface area contributed by atoms with Gasteiger partial charge in [0.05, 0.1) is 12.5 Å². The molecule has 108 valence electrons. The Morgan fingerprint density at radius 3 is 2.67 bits per heavy atom. The Kier molecular flexibility index (Phi) is 5.07. The van der Waals surface area contributed by atoms with Crippen LogP contribution in [0.1, 0.15) is 18.3 Å². The van der Waals surface area contributed by atoms with Crippen molar-refractivity contribution in [1.29, 1.82) is 5.26 Å². The topological polar surface area (TPSA) is 94.0 Å². The van der Waals surface area contributed by atoms with Gasteiger partial charge >= 0.3 is 0 Å². The van der Waals surface area contributed by atoms with Crippen molar-refractivity contribution in [1.82, 2.24) is 9.97 Å². The van der Waals surface area contributed by atoms with Gasteiger partial charge in [0, 0.05) is 12.7 Å². The molecule has 0 spiro atoms. The first-order chi connectivity index (χ1) is 10.2. The molecule has 0 radical (unpaired) electrons. The summed E-state index contributed by atoms with van der Waals surface area (Å²) in [6, 6.07) is 10.9. The van der Waals surface area contributed by atoms with Gasteiger partial charge in [0.2, 0.25) is 5.88 Å². The van der Waals surface area contributed by atoms with Crippen LogP contribution in [-0.4, -0.2) is 16.6 Å². The molecule has 1 aromatic carbocycles. The van der Waals surface area contributed by atoms with E-state index in [2.05, 4.69) is 16.0 Å². The predicted molar refractivity (Wildman–Crippen MR) is 77.6 cm³/mol. The Morgan fingerprint density at radius 1 is 1.24 bits per heavy atom. The summed E-state index contributed by atoms with van der Waals surface area (Å²) in [5, 5.41) is 8.63. The van der Waals surface area contributed by atoms with Crippen LogP contribution in [0.3, 0.4) is 0 Å². The molecule has 1 aromatic heterocycles. The van der Waals surface area contributed by atoms with Crippen molar-refractivity contribution in [2.75, 3.05) is 12.3 Å². The van der Waals surface area contributed by atoms with Gasteiger partial charge in [-0.1, -0.05) is 12.1 Å². The van der Waals surface area contributed by atoms with E-state index < -0.39 is 0 Å². The Labute approximate surface area is 123 Å². The monoisotopic (exact) mass is 284 g/mol. The summed E-state index contributed by atoms with van der Waals surface area (Å²) < 4.78 is 10.9. The fourth-order valence-corrected chi connectivity index (χ4v) is 1.69. The van der Waals surface area contributed by atoms with Crippen molar-refractivity contribution in [2.45, 2.75) is 20.0 Å². The summed E-state index contributed by atoms with van der Waals surface area (Å²) in [5.41, 5.74) is 6.66. The zero-order chi connectivity index (χ0) is 15.1. The van der Waals surface area contributed by atoms with Crippen molar-refractivity contribution < 1.29 is 9.47 Å². The maximum Gasteiger partial charge on any atom is 0.224 e. The SMILES string of the molecule is CCOCc1nc(N)cc(Oc2ccc(CC#N)cc2)n1. The highest BCUT2D eigenvalue weighted by molar-refractivity contribution is 5.36. The number of hydrogen-bond donors (Lipinski definition) is 1. The highest BCUT2D eigenvalue weighted by Gasteiger charge is 2.05. The highest BCUT2D eigenvalue weighted by Crippen LogP contribution is 2.21. The zero-order valence-corrected chi connectivity index (χ0v) is 11.7. The van der Waals surface area contributed by atoms with Gasteiger partial charge in [0.25, 0.3) is 0 Å². The fraction of sp³-hybridized carbons (Fsp3) is 0.267. The molecular formula is C15H16N4O2. The number of rotatable bonds is 6. The molecule has 0 aliphatic heterocycles. The van der Waals surface area contributed by atoms with Gasteiger partial charge in [-0.3, -0.25) is 0 Å². The minimum Gasteiger partial charge on any atom is -0.439 e. The van der Waals surface area contributed by atoms with Crippen molar-refractivity contribution in [2.24, 2.45) is 0 Å². The molecule has 0 fully saturated rings. The molecule has 0 aliphatic rings. The van der Waals surface area contributed by atoms with Gasteiger partial charge in [-0.05, 0) is 24.6 Å². The van der Waals surface area contributed by atoms with Crippen molar-refractivity contribution in [3.05, 3.63) is 41.7 Å². The molecule has 0 saturated carbocycles. The number of aromatic nitrogens is 2. The lowest BCUT2D eigenvalue weighted by Crippen LogP contribution is -2.03. The Hall–Kier alpha value is -2.65. The minimum atomic E-state index is 0.291. The molecule has 2 aromatic rings. The maximum absolute atomic E-state index is 8.63. The first-order valence-electron chi connectivity index (χ1n) is 6.56. The lowest BCUT2D eigenvalue weighted by Gasteiger charge is -2.08. The van der Waals surface area contributed by atoms with E-state index in [1.165, 1.54) is 0 Å². The third-order valence-corrected chi connectivity index (χ3v) is 2.63. The number of ether oxygens (including phenoxy) is 2. The number of nitriles is 1. The van der Waals surface area contributed by atoms with Gasteiger partial charge in [-0.25, -0.2) is 4.98 Å². The average Bonchev–Trinajstić information content (AvgIpc) is 2.47. The third kappa shape index (κ3) is 4.44. The van der Waals surface area contributed by atoms with Crippen LogP contribution in [0, 0.1) is 11.3 Å². The standard InChI is InChI=1S/C15H16N4O2/c1-2-20-10-14-18-13(17)9-15(19-14)21-12-5-3-11(4-6-12)7-8-16/h3-6,9H,2,7,10H2,1H3,(H2,17,18,19). The lowest BCUT2D eigenvalue weighted by atomic mass is 10.2. The molecule has 2 N–H and O–H groups in total. The number of nitrogen functional groups attached to an aromatic ring is 1. The van der Waals surface area contributed by atoms with Crippen LogP contribution >= 0.6 is 0 Å². The van der Waals surface area contributed by atoms with E-state index in [4.69, 9.17) is 20.5 Å². The molecule has 1 heterocycles. The second-order valence-electron chi connectivity index (χ2n) is 4.27. The molecule has 0 amide bonds. The normalized spacial score (nSPS) is 10.1. The van der Waals surface area contributed by atoms with Crippen molar-refractivity contribution in [3.8, 4) is 17.7 Å². The first-order valence-corrected chi connectivity index (χ1v) is 6.56. The summed E-state index contributed by atoms with van der Waals surface area (Å²) in [4.78, 5) is 8.31. The van der Waals surface area contributed by atoms with Crippen LogP contribution in [0.25, 0.3) is 0 Å². The van der Waals surface area contributed by atoms with Crippen LogP contribution < -0.4 is 10.5 Å². The van der Waals surface area contributed by atoms with Crippen LogP contribution in [0.15, 0.2) is 30.3 Å². The molecule has 0 atom stereocenters. The predicted octanol–water partition coefficient (Wildman–Crippen LogP) is 2.45. The second-order valence-corrected chi connectivity index (χ2v) is 4.27. The summed E-state index contributed by atoms with van der Waals surface area (Å²) in [7, 11) is 0. The van der Waals surface area contributed by atoms with E-state index in [0.29, 0.717) is 42.9 Å². The van der Waals surface area contributed by atoms with Crippen LogP contribution in [0.5, 0.6) is 11.6 Å². The Balaban J connectivity index is 2.11. The van der Waals surface area contributed by atoms with E-state index >= 15 is 0 Å². The molecule has 0 aliphatic carbocycles. The van der Waals surface area contributed by atoms with Crippen LogP contribution in [0.4, 0.5) is 5.82 Å². The summed E-state index contributed by atoms with van der Waals surface area (Å²) in [6.07, 6.45) is 0.374. The quantitative estimate of drug-likeness (QED) is 0.875. The van der Waals surface area contributed by atoms with E-state index in [1.54, 1.807) is 18.2 Å². The molecule has 6 nitrogen and oxygen atoms in total. The van der Waals surface area contributed by atoms with E-state index in [-0.39, 0.29) is 0 Å². The average molecular weight is 284 g/mol. The van der Waals surface area contributed by atoms with Gasteiger partial charge in [-0.15, -0.1) is 0 Å². The number of nitrogens with two attached hydrogens (primary N) is 1. The number of nitrogens with zero attached hydrogens (tertiary/aromatic N) is 3. The zero-order valence-electron chi connectivity index (χ0n) is 11.7. The Morgan fingerprint density at radius 2 is 2.00 bits per heavy atom. The summed E-state index contributed by atoms with van der Waals surface area (Å²) >= 11 is 0. The van der Waals surface area contributed by atoms with Crippen molar-refractivity contribution in [3.63, 3.8) is 0 Å². The van der Waals surface area contributed by atoms with Crippen LogP contribution in [0.2, 0.25) is 0 Å². The van der Waals surface area contributed by atoms with Gasteiger partial charge < -0.3 is 15.2 Å². The summed E-state index contributed by atoms with van der Waals surface area (Å²) in [5.74, 6) is 1.80. The number of anilines is 1. The van der Waals surface area contributed by atoms with Gasteiger partial charge in [0.15, 0.2) is 5.82 Å². The molecule has 0 bridgehead atoms. The highest BCUT2D eigenvalue weighted by atomic mass is 16.5. The van der Waals surface area contributed by atoms with Crippen LogP contribution in [-0.2, 0) is 17.8 Å². The van der Waals surface area contributed by atoms with E-state index in [9.17, 15) is 0 Å². The molecule has 2 rings (SSSR count). The molecule has 0 saturated heterocycles. The van der Waals surface area contributed by atoms with Gasteiger partial charge in [-0.2, -0.15) is 10.2 Å². The maximum atomic E-state index is 8.63. The first kappa shape index (κ1) is 14.8. The number of hydrogen-bond acceptors (Lipinski definition) is 6. The van der Waals surface area contributed by atoms with Crippen molar-refractivity contribution >= 4 is 5.82 Å². The molecule has 21 heavy (non-hydrogen) atoms. The largest absolute Gasteiger partial charge is 0.439 e. The Bertz CT molecular complexity index is 635. The third-order valence-electron chi connectivity index (χ3n) is 2.63. The fourth-order valence-electron chi connectivity index (χ4n) is 1.69. The smallest absolute Gasteiger partial charge is 0.224 e. The molecule has 0 unspecified atom stereocenters. The molecule has 6 heteroatoms. The minimum absolute atomic E-state index is 0.291. The second kappa shape index (κ2) is 7.22. The van der Waals surface area contributed by atoms with E-state index in [1.807, 2.05) is 19.1 Å². The summed E-state index contributed by atoms with van der Waals surface area (Å²) in [6.45, 7) is 2.76. The number of benzene rings is 1. The molecular weight excluding hydrogens is 268 g/mol. The lowest BCUT2D eigenvalue weighted by molar-refractivity contribution is 0.128. The van der Waals surface area contributed by atoms with Gasteiger partial charge in [0.1, 0.15) is 18.2 Å². The van der Waals surface area contributed by atoms with E-state index in [0.717, 1.165) is 5.56 Å².